The van der Waals surface area contributed by atoms with Gasteiger partial charge in [-0.05, 0) is 35.5 Å². The standard InChI is InChI=1S/C10H9ClFN3S/c1-6-2-3-16-8(6)5-13-9-7(12)4-14-10(11)15-9/h2-4H,5H2,1H3,(H,13,14,15). The average molecular weight is 258 g/mol. The zero-order chi connectivity index (χ0) is 11.5. The molecule has 0 atom stereocenters. The molecule has 0 aliphatic carbocycles. The maximum Gasteiger partial charge on any atom is 0.224 e. The SMILES string of the molecule is Cc1ccsc1CNc1nc(Cl)ncc1F. The molecule has 0 saturated heterocycles. The van der Waals surface area contributed by atoms with E-state index in [4.69, 9.17) is 11.6 Å². The van der Waals surface area contributed by atoms with Crippen LogP contribution >= 0.6 is 22.9 Å². The van der Waals surface area contributed by atoms with Crippen LogP contribution in [0.3, 0.4) is 0 Å². The van der Waals surface area contributed by atoms with Crippen molar-refractivity contribution in [1.82, 2.24) is 9.97 Å². The summed E-state index contributed by atoms with van der Waals surface area (Å²) in [5, 5.41) is 4.93. The van der Waals surface area contributed by atoms with Crippen LogP contribution in [0.25, 0.3) is 0 Å². The molecule has 84 valence electrons. The molecule has 0 aliphatic rings. The third-order valence-corrected chi connectivity index (χ3v) is 3.30. The first-order valence-electron chi connectivity index (χ1n) is 4.61. The van der Waals surface area contributed by atoms with Crippen LogP contribution < -0.4 is 5.32 Å². The second-order valence-electron chi connectivity index (χ2n) is 3.22. The number of nitrogens with zero attached hydrogens (tertiary/aromatic N) is 2. The minimum atomic E-state index is -0.501. The third kappa shape index (κ3) is 2.48. The molecule has 6 heteroatoms. The Bertz CT molecular complexity index is 501. The van der Waals surface area contributed by atoms with E-state index in [0.29, 0.717) is 6.54 Å². The maximum absolute atomic E-state index is 13.3. The molecule has 0 fully saturated rings. The fraction of sp³-hybridized carbons (Fsp3) is 0.200. The van der Waals surface area contributed by atoms with Crippen molar-refractivity contribution in [2.45, 2.75) is 13.5 Å². The van der Waals surface area contributed by atoms with Crippen molar-refractivity contribution < 1.29 is 4.39 Å². The smallest absolute Gasteiger partial charge is 0.224 e. The molecule has 2 aromatic heterocycles. The van der Waals surface area contributed by atoms with Crippen LogP contribution in [0.5, 0.6) is 0 Å². The normalized spacial score (nSPS) is 10.4. The summed E-state index contributed by atoms with van der Waals surface area (Å²) in [6.45, 7) is 2.55. The predicted molar refractivity (Wildman–Crippen MR) is 63.4 cm³/mol. The zero-order valence-corrected chi connectivity index (χ0v) is 10.1. The van der Waals surface area contributed by atoms with Gasteiger partial charge < -0.3 is 5.32 Å². The highest BCUT2D eigenvalue weighted by Gasteiger charge is 2.06. The lowest BCUT2D eigenvalue weighted by molar-refractivity contribution is 0.616. The summed E-state index contributed by atoms with van der Waals surface area (Å²) >= 11 is 7.20. The van der Waals surface area contributed by atoms with Crippen molar-refractivity contribution in [3.05, 3.63) is 39.2 Å². The maximum atomic E-state index is 13.3. The monoisotopic (exact) mass is 257 g/mol. The van der Waals surface area contributed by atoms with Gasteiger partial charge in [-0.3, -0.25) is 0 Å². The van der Waals surface area contributed by atoms with Gasteiger partial charge in [0.05, 0.1) is 12.7 Å². The Morgan fingerprint density at radius 2 is 2.38 bits per heavy atom. The van der Waals surface area contributed by atoms with Crippen LogP contribution in [0.4, 0.5) is 10.2 Å². The lowest BCUT2D eigenvalue weighted by Gasteiger charge is -2.05. The Morgan fingerprint density at radius 1 is 1.56 bits per heavy atom. The van der Waals surface area contributed by atoms with Gasteiger partial charge in [0.25, 0.3) is 0 Å². The van der Waals surface area contributed by atoms with E-state index < -0.39 is 5.82 Å². The van der Waals surface area contributed by atoms with Gasteiger partial charge in [0.15, 0.2) is 11.6 Å². The molecule has 2 aromatic rings. The number of aromatic nitrogens is 2. The van der Waals surface area contributed by atoms with Gasteiger partial charge in [0.2, 0.25) is 5.28 Å². The Morgan fingerprint density at radius 3 is 3.06 bits per heavy atom. The number of thiophene rings is 1. The minimum Gasteiger partial charge on any atom is -0.363 e. The Kier molecular flexibility index (Phi) is 3.36. The first-order chi connectivity index (χ1) is 7.66. The average Bonchev–Trinajstić information content (AvgIpc) is 2.66. The zero-order valence-electron chi connectivity index (χ0n) is 8.50. The highest BCUT2D eigenvalue weighted by atomic mass is 35.5. The number of hydrogen-bond donors (Lipinski definition) is 1. The van der Waals surface area contributed by atoms with Crippen LogP contribution in [0.1, 0.15) is 10.4 Å². The van der Waals surface area contributed by atoms with Crippen LogP contribution in [-0.2, 0) is 6.54 Å². The fourth-order valence-electron chi connectivity index (χ4n) is 1.22. The third-order valence-electron chi connectivity index (χ3n) is 2.10. The molecule has 0 aromatic carbocycles. The molecule has 0 bridgehead atoms. The van der Waals surface area contributed by atoms with Crippen LogP contribution in [0, 0.1) is 12.7 Å². The summed E-state index contributed by atoms with van der Waals surface area (Å²) in [5.74, 6) is -0.369. The van der Waals surface area contributed by atoms with Crippen molar-refractivity contribution in [3.63, 3.8) is 0 Å². The van der Waals surface area contributed by atoms with E-state index in [1.807, 2.05) is 18.4 Å². The molecule has 0 aliphatic heterocycles. The van der Waals surface area contributed by atoms with Crippen molar-refractivity contribution in [1.29, 1.82) is 0 Å². The molecule has 0 amide bonds. The number of rotatable bonds is 3. The number of aryl methyl sites for hydroxylation is 1. The van der Waals surface area contributed by atoms with E-state index in [0.717, 1.165) is 11.1 Å². The number of nitrogens with one attached hydrogen (secondary N) is 1. The molecule has 0 radical (unpaired) electrons. The van der Waals surface area contributed by atoms with E-state index in [1.54, 1.807) is 11.3 Å². The highest BCUT2D eigenvalue weighted by molar-refractivity contribution is 7.10. The van der Waals surface area contributed by atoms with Gasteiger partial charge in [0, 0.05) is 4.88 Å². The summed E-state index contributed by atoms with van der Waals surface area (Å²) in [7, 11) is 0. The topological polar surface area (TPSA) is 37.8 Å². The molecule has 0 saturated carbocycles. The lowest BCUT2D eigenvalue weighted by atomic mass is 10.3. The largest absolute Gasteiger partial charge is 0.363 e. The number of halogens is 2. The van der Waals surface area contributed by atoms with Crippen molar-refractivity contribution in [3.8, 4) is 0 Å². The number of hydrogen-bond acceptors (Lipinski definition) is 4. The molecular weight excluding hydrogens is 249 g/mol. The van der Waals surface area contributed by atoms with Gasteiger partial charge >= 0.3 is 0 Å². The highest BCUT2D eigenvalue weighted by Crippen LogP contribution is 2.18. The quantitative estimate of drug-likeness (QED) is 0.858. The molecule has 1 N–H and O–H groups in total. The van der Waals surface area contributed by atoms with E-state index in [1.165, 1.54) is 5.56 Å². The predicted octanol–water partition coefficient (Wildman–Crippen LogP) is 3.25. The van der Waals surface area contributed by atoms with Gasteiger partial charge in [-0.15, -0.1) is 11.3 Å². The van der Waals surface area contributed by atoms with Gasteiger partial charge in [-0.2, -0.15) is 4.98 Å². The fourth-order valence-corrected chi connectivity index (χ4v) is 2.20. The Labute approximate surface area is 101 Å². The summed E-state index contributed by atoms with van der Waals surface area (Å²) in [4.78, 5) is 8.47. The first kappa shape index (κ1) is 11.3. The van der Waals surface area contributed by atoms with Crippen LogP contribution in [-0.4, -0.2) is 9.97 Å². The van der Waals surface area contributed by atoms with Crippen LogP contribution in [0.2, 0.25) is 5.28 Å². The van der Waals surface area contributed by atoms with Crippen molar-refractivity contribution >= 4 is 28.8 Å². The van der Waals surface area contributed by atoms with E-state index in [-0.39, 0.29) is 11.1 Å². The van der Waals surface area contributed by atoms with E-state index in [2.05, 4.69) is 15.3 Å². The van der Waals surface area contributed by atoms with Crippen molar-refractivity contribution in [2.24, 2.45) is 0 Å². The minimum absolute atomic E-state index is 0.0341. The second-order valence-corrected chi connectivity index (χ2v) is 4.55. The molecule has 2 rings (SSSR count). The molecular formula is C10H9ClFN3S. The second kappa shape index (κ2) is 4.76. The van der Waals surface area contributed by atoms with Gasteiger partial charge in [0.1, 0.15) is 0 Å². The summed E-state index contributed by atoms with van der Waals surface area (Å²) in [6.07, 6.45) is 1.05. The summed E-state index contributed by atoms with van der Waals surface area (Å²) in [5.41, 5.74) is 1.18. The summed E-state index contributed by atoms with van der Waals surface area (Å²) < 4.78 is 13.3. The Hall–Kier alpha value is -1.20. The molecule has 0 unspecified atom stereocenters. The van der Waals surface area contributed by atoms with Gasteiger partial charge in [-0.1, -0.05) is 0 Å². The van der Waals surface area contributed by atoms with Crippen LogP contribution in [0.15, 0.2) is 17.6 Å². The van der Waals surface area contributed by atoms with Gasteiger partial charge in [-0.25, -0.2) is 9.37 Å². The van der Waals surface area contributed by atoms with E-state index >= 15 is 0 Å². The lowest BCUT2D eigenvalue weighted by Crippen LogP contribution is -2.04. The number of anilines is 1. The van der Waals surface area contributed by atoms with E-state index in [9.17, 15) is 4.39 Å². The molecule has 0 spiro atoms. The molecule has 2 heterocycles. The molecule has 3 nitrogen and oxygen atoms in total. The summed E-state index contributed by atoms with van der Waals surface area (Å²) in [6, 6.07) is 2.02. The van der Waals surface area contributed by atoms with Crippen molar-refractivity contribution in [2.75, 3.05) is 5.32 Å². The first-order valence-corrected chi connectivity index (χ1v) is 5.87. The Balaban J connectivity index is 2.10. The molecule has 16 heavy (non-hydrogen) atoms.